The molecule has 1 rings (SSSR count). The molecule has 0 spiro atoms. The zero-order valence-electron chi connectivity index (χ0n) is 7.01. The quantitative estimate of drug-likeness (QED) is 0.682. The Morgan fingerprint density at radius 3 is 3.00 bits per heavy atom. The van der Waals surface area contributed by atoms with Crippen molar-refractivity contribution in [2.45, 2.75) is 32.2 Å². The number of aromatic nitrogens is 1. The highest BCUT2D eigenvalue weighted by Crippen LogP contribution is 2.13. The van der Waals surface area contributed by atoms with Gasteiger partial charge in [-0.1, -0.05) is 19.8 Å². The van der Waals surface area contributed by atoms with E-state index in [0.29, 0.717) is 0 Å². The van der Waals surface area contributed by atoms with Crippen LogP contribution in [-0.4, -0.2) is 4.98 Å². The second kappa shape index (κ2) is 4.19. The summed E-state index contributed by atoms with van der Waals surface area (Å²) < 4.78 is 0. The van der Waals surface area contributed by atoms with Crippen molar-refractivity contribution in [3.05, 3.63) is 24.0 Å². The lowest BCUT2D eigenvalue weighted by molar-refractivity contribution is 0.593. The summed E-state index contributed by atoms with van der Waals surface area (Å²) in [5.41, 5.74) is 7.05. The largest absolute Gasteiger partial charge is 0.364 e. The summed E-state index contributed by atoms with van der Waals surface area (Å²) in [6, 6.07) is 4.23. The maximum absolute atomic E-state index is 5.89. The number of unbranched alkanes of at least 4 members (excludes halogenated alkanes) is 1. The molecule has 1 atom stereocenters. The Labute approximate surface area is 67.8 Å². The lowest BCUT2D eigenvalue weighted by Gasteiger charge is -2.07. The maximum Gasteiger partial charge on any atom is 0.0447 e. The molecule has 0 aromatic carbocycles. The Hall–Kier alpha value is -0.760. The normalized spacial score (nSPS) is 13.3. The first-order chi connectivity index (χ1) is 5.34. The van der Waals surface area contributed by atoms with E-state index < -0.39 is 0 Å². The first-order valence-corrected chi connectivity index (χ1v) is 4.23. The smallest absolute Gasteiger partial charge is 0.0447 e. The van der Waals surface area contributed by atoms with Gasteiger partial charge >= 0.3 is 0 Å². The van der Waals surface area contributed by atoms with Crippen molar-refractivity contribution in [2.75, 3.05) is 0 Å². The first kappa shape index (κ1) is 8.34. The third-order valence-electron chi connectivity index (χ3n) is 1.89. The van der Waals surface area contributed by atoms with E-state index in [9.17, 15) is 0 Å². The molecule has 0 aliphatic rings. The van der Waals surface area contributed by atoms with Gasteiger partial charge in [-0.25, -0.2) is 0 Å². The fourth-order valence-corrected chi connectivity index (χ4v) is 1.15. The van der Waals surface area contributed by atoms with Crippen molar-refractivity contribution in [1.82, 2.24) is 4.98 Å². The number of aromatic amines is 1. The second-order valence-electron chi connectivity index (χ2n) is 2.87. The molecule has 0 amide bonds. The Morgan fingerprint density at radius 1 is 1.64 bits per heavy atom. The van der Waals surface area contributed by atoms with E-state index >= 15 is 0 Å². The van der Waals surface area contributed by atoms with Gasteiger partial charge in [0.1, 0.15) is 0 Å². The van der Waals surface area contributed by atoms with Crippen molar-refractivity contribution >= 4 is 0 Å². The molecule has 0 radical (unpaired) electrons. The van der Waals surface area contributed by atoms with Gasteiger partial charge in [-0.2, -0.15) is 0 Å². The summed E-state index contributed by atoms with van der Waals surface area (Å²) in [6.07, 6.45) is 5.42. The first-order valence-electron chi connectivity index (χ1n) is 4.23. The number of hydrogen-bond acceptors (Lipinski definition) is 1. The van der Waals surface area contributed by atoms with Crippen LogP contribution in [0.4, 0.5) is 0 Å². The van der Waals surface area contributed by atoms with Crippen LogP contribution in [0.25, 0.3) is 0 Å². The minimum absolute atomic E-state index is 0.199. The van der Waals surface area contributed by atoms with Crippen LogP contribution in [0.1, 0.15) is 37.9 Å². The van der Waals surface area contributed by atoms with E-state index in [1.54, 1.807) is 0 Å². The fourth-order valence-electron chi connectivity index (χ4n) is 1.15. The van der Waals surface area contributed by atoms with Crippen LogP contribution < -0.4 is 5.73 Å². The summed E-state index contributed by atoms with van der Waals surface area (Å²) in [5.74, 6) is 0. The van der Waals surface area contributed by atoms with Crippen molar-refractivity contribution < 1.29 is 0 Å². The van der Waals surface area contributed by atoms with Crippen molar-refractivity contribution in [1.29, 1.82) is 0 Å². The van der Waals surface area contributed by atoms with Gasteiger partial charge in [-0.15, -0.1) is 0 Å². The average molecular weight is 152 g/mol. The molecule has 2 heteroatoms. The van der Waals surface area contributed by atoms with E-state index in [1.165, 1.54) is 12.8 Å². The van der Waals surface area contributed by atoms with E-state index in [2.05, 4.69) is 11.9 Å². The number of hydrogen-bond donors (Lipinski definition) is 2. The maximum atomic E-state index is 5.89. The molecule has 1 aromatic heterocycles. The summed E-state index contributed by atoms with van der Waals surface area (Å²) >= 11 is 0. The van der Waals surface area contributed by atoms with Gasteiger partial charge in [-0.3, -0.25) is 0 Å². The van der Waals surface area contributed by atoms with E-state index in [0.717, 1.165) is 12.1 Å². The standard InChI is InChI=1S/C9H16N2/c1-2-3-5-8(10)9-6-4-7-11-9/h4,6-8,11H,2-3,5,10H2,1H3/t8-/m1/s1. The van der Waals surface area contributed by atoms with E-state index in [4.69, 9.17) is 5.73 Å². The molecule has 2 nitrogen and oxygen atoms in total. The predicted molar refractivity (Wildman–Crippen MR) is 47.2 cm³/mol. The van der Waals surface area contributed by atoms with E-state index in [-0.39, 0.29) is 6.04 Å². The molecule has 0 unspecified atom stereocenters. The topological polar surface area (TPSA) is 41.8 Å². The average Bonchev–Trinajstić information content (AvgIpc) is 2.52. The molecule has 0 bridgehead atoms. The zero-order chi connectivity index (χ0) is 8.10. The lowest BCUT2D eigenvalue weighted by Crippen LogP contribution is -2.09. The highest BCUT2D eigenvalue weighted by Gasteiger charge is 2.03. The van der Waals surface area contributed by atoms with Gasteiger partial charge in [0.25, 0.3) is 0 Å². The molecule has 0 aliphatic carbocycles. The third-order valence-corrected chi connectivity index (χ3v) is 1.89. The van der Waals surface area contributed by atoms with Gasteiger partial charge in [0.05, 0.1) is 0 Å². The van der Waals surface area contributed by atoms with Crippen LogP contribution >= 0.6 is 0 Å². The Balaban J connectivity index is 2.36. The zero-order valence-corrected chi connectivity index (χ0v) is 7.01. The van der Waals surface area contributed by atoms with Crippen molar-refractivity contribution in [3.8, 4) is 0 Å². The van der Waals surface area contributed by atoms with Gasteiger partial charge in [0, 0.05) is 17.9 Å². The molecular weight excluding hydrogens is 136 g/mol. The van der Waals surface area contributed by atoms with Gasteiger partial charge in [0.2, 0.25) is 0 Å². The highest BCUT2D eigenvalue weighted by molar-refractivity contribution is 5.07. The van der Waals surface area contributed by atoms with Crippen LogP contribution in [0.5, 0.6) is 0 Å². The minimum Gasteiger partial charge on any atom is -0.364 e. The second-order valence-corrected chi connectivity index (χ2v) is 2.87. The number of nitrogens with one attached hydrogen (secondary N) is 1. The van der Waals surface area contributed by atoms with Crippen LogP contribution in [0.3, 0.4) is 0 Å². The molecule has 0 saturated carbocycles. The highest BCUT2D eigenvalue weighted by atomic mass is 14.8. The third kappa shape index (κ3) is 2.39. The van der Waals surface area contributed by atoms with Crippen LogP contribution in [0.15, 0.2) is 18.3 Å². The summed E-state index contributed by atoms with van der Waals surface area (Å²) in [6.45, 7) is 2.18. The SMILES string of the molecule is CCCC[C@@H](N)c1ccc[nH]1. The van der Waals surface area contributed by atoms with Gasteiger partial charge < -0.3 is 10.7 Å². The van der Waals surface area contributed by atoms with Crippen molar-refractivity contribution in [2.24, 2.45) is 5.73 Å². The Morgan fingerprint density at radius 2 is 2.45 bits per heavy atom. The number of H-pyrrole nitrogens is 1. The summed E-state index contributed by atoms with van der Waals surface area (Å²) in [7, 11) is 0. The number of rotatable bonds is 4. The molecular formula is C9H16N2. The van der Waals surface area contributed by atoms with E-state index in [1.807, 2.05) is 18.3 Å². The molecule has 11 heavy (non-hydrogen) atoms. The lowest BCUT2D eigenvalue weighted by atomic mass is 10.1. The summed E-state index contributed by atoms with van der Waals surface area (Å²) in [5, 5.41) is 0. The molecule has 0 fully saturated rings. The van der Waals surface area contributed by atoms with Crippen molar-refractivity contribution in [3.63, 3.8) is 0 Å². The Bertz CT molecular complexity index is 179. The predicted octanol–water partition coefficient (Wildman–Crippen LogP) is 2.20. The molecule has 62 valence electrons. The van der Waals surface area contributed by atoms with Crippen LogP contribution in [-0.2, 0) is 0 Å². The molecule has 0 saturated heterocycles. The van der Waals surface area contributed by atoms with Gasteiger partial charge in [-0.05, 0) is 18.6 Å². The Kier molecular flexibility index (Phi) is 3.17. The number of nitrogens with two attached hydrogens (primary N) is 1. The fraction of sp³-hybridized carbons (Fsp3) is 0.556. The molecule has 1 heterocycles. The monoisotopic (exact) mass is 152 g/mol. The van der Waals surface area contributed by atoms with Gasteiger partial charge in [0.15, 0.2) is 0 Å². The minimum atomic E-state index is 0.199. The van der Waals surface area contributed by atoms with Crippen LogP contribution in [0, 0.1) is 0 Å². The summed E-state index contributed by atoms with van der Waals surface area (Å²) in [4.78, 5) is 3.12. The van der Waals surface area contributed by atoms with Crippen LogP contribution in [0.2, 0.25) is 0 Å². The molecule has 3 N–H and O–H groups in total. The molecule has 1 aromatic rings. The molecule has 0 aliphatic heterocycles.